The summed E-state index contributed by atoms with van der Waals surface area (Å²) in [5.74, 6) is 0. The zero-order chi connectivity index (χ0) is 15.2. The van der Waals surface area contributed by atoms with Crippen molar-refractivity contribution in [1.29, 1.82) is 0 Å². The standard InChI is InChI=1S/C17H29N3/c1-7-9-20(10-8-2)16-11-14(3)18-12-15(16)13-19-17(4,5)6/h7,11-12,19H,1,8-10,13H2,2-6H3. The summed E-state index contributed by atoms with van der Waals surface area (Å²) in [5.41, 5.74) is 3.69. The first-order chi connectivity index (χ1) is 9.37. The van der Waals surface area contributed by atoms with Crippen molar-refractivity contribution in [2.45, 2.75) is 53.1 Å². The Hall–Kier alpha value is -1.35. The first kappa shape index (κ1) is 16.7. The molecule has 0 saturated carbocycles. The van der Waals surface area contributed by atoms with E-state index in [1.165, 1.54) is 11.3 Å². The van der Waals surface area contributed by atoms with E-state index in [-0.39, 0.29) is 5.54 Å². The molecule has 1 rings (SSSR count). The van der Waals surface area contributed by atoms with Gasteiger partial charge in [0.1, 0.15) is 0 Å². The minimum atomic E-state index is 0.107. The molecule has 20 heavy (non-hydrogen) atoms. The van der Waals surface area contributed by atoms with Gasteiger partial charge in [0.15, 0.2) is 0 Å². The van der Waals surface area contributed by atoms with Crippen LogP contribution in [0.15, 0.2) is 24.9 Å². The predicted molar refractivity (Wildman–Crippen MR) is 88.3 cm³/mol. The Morgan fingerprint density at radius 1 is 1.40 bits per heavy atom. The van der Waals surface area contributed by atoms with Gasteiger partial charge in [-0.1, -0.05) is 13.0 Å². The van der Waals surface area contributed by atoms with E-state index in [0.717, 1.165) is 31.7 Å². The van der Waals surface area contributed by atoms with Gasteiger partial charge in [0.2, 0.25) is 0 Å². The van der Waals surface area contributed by atoms with Crippen molar-refractivity contribution in [3.8, 4) is 0 Å². The highest BCUT2D eigenvalue weighted by atomic mass is 15.1. The third kappa shape index (κ3) is 5.33. The van der Waals surface area contributed by atoms with Gasteiger partial charge in [0.25, 0.3) is 0 Å². The van der Waals surface area contributed by atoms with Crippen molar-refractivity contribution in [3.05, 3.63) is 36.2 Å². The lowest BCUT2D eigenvalue weighted by Gasteiger charge is -2.27. The second-order valence-electron chi connectivity index (χ2n) is 6.29. The Balaban J connectivity index is 3.01. The van der Waals surface area contributed by atoms with Gasteiger partial charge < -0.3 is 10.2 Å². The van der Waals surface area contributed by atoms with Crippen molar-refractivity contribution >= 4 is 5.69 Å². The van der Waals surface area contributed by atoms with E-state index in [9.17, 15) is 0 Å². The molecule has 112 valence electrons. The third-order valence-electron chi connectivity index (χ3n) is 3.09. The van der Waals surface area contributed by atoms with Crippen molar-refractivity contribution < 1.29 is 0 Å². The molecule has 0 unspecified atom stereocenters. The average Bonchev–Trinajstić information content (AvgIpc) is 2.36. The Morgan fingerprint density at radius 2 is 2.10 bits per heavy atom. The lowest BCUT2D eigenvalue weighted by molar-refractivity contribution is 0.424. The summed E-state index contributed by atoms with van der Waals surface area (Å²) in [6.45, 7) is 17.4. The first-order valence-electron chi connectivity index (χ1n) is 7.43. The molecule has 1 heterocycles. The van der Waals surface area contributed by atoms with Crippen LogP contribution in [0, 0.1) is 6.92 Å². The zero-order valence-corrected chi connectivity index (χ0v) is 13.7. The van der Waals surface area contributed by atoms with Crippen LogP contribution in [0.4, 0.5) is 5.69 Å². The van der Waals surface area contributed by atoms with Crippen molar-refractivity contribution in [3.63, 3.8) is 0 Å². The molecular formula is C17H29N3. The monoisotopic (exact) mass is 275 g/mol. The van der Waals surface area contributed by atoms with Crippen LogP contribution in [-0.4, -0.2) is 23.6 Å². The number of rotatable bonds is 7. The predicted octanol–water partition coefficient (Wildman–Crippen LogP) is 3.68. The number of nitrogens with one attached hydrogen (secondary N) is 1. The maximum absolute atomic E-state index is 4.45. The van der Waals surface area contributed by atoms with Crippen LogP contribution in [0.25, 0.3) is 0 Å². The molecular weight excluding hydrogens is 246 g/mol. The number of aromatic nitrogens is 1. The quantitative estimate of drug-likeness (QED) is 0.769. The summed E-state index contributed by atoms with van der Waals surface area (Å²) < 4.78 is 0. The van der Waals surface area contributed by atoms with Crippen molar-refractivity contribution in [2.75, 3.05) is 18.0 Å². The van der Waals surface area contributed by atoms with Crippen LogP contribution < -0.4 is 10.2 Å². The Kier molecular flexibility index (Phi) is 6.21. The highest BCUT2D eigenvalue weighted by Gasteiger charge is 2.14. The smallest absolute Gasteiger partial charge is 0.0448 e. The van der Waals surface area contributed by atoms with E-state index < -0.39 is 0 Å². The molecule has 0 aliphatic heterocycles. The highest BCUT2D eigenvalue weighted by Crippen LogP contribution is 2.22. The Morgan fingerprint density at radius 3 is 2.65 bits per heavy atom. The zero-order valence-electron chi connectivity index (χ0n) is 13.7. The van der Waals surface area contributed by atoms with Gasteiger partial charge in [0.05, 0.1) is 0 Å². The number of anilines is 1. The molecule has 0 aliphatic carbocycles. The number of hydrogen-bond donors (Lipinski definition) is 1. The number of nitrogens with zero attached hydrogens (tertiary/aromatic N) is 2. The summed E-state index contributed by atoms with van der Waals surface area (Å²) in [6.07, 6.45) is 5.09. The SMILES string of the molecule is C=CCN(CCC)c1cc(C)ncc1CNC(C)(C)C. The fourth-order valence-electron chi connectivity index (χ4n) is 2.10. The molecule has 0 fully saturated rings. The van der Waals surface area contributed by atoms with Crippen LogP contribution in [-0.2, 0) is 6.54 Å². The van der Waals surface area contributed by atoms with E-state index in [1.807, 2.05) is 19.2 Å². The maximum atomic E-state index is 4.45. The maximum Gasteiger partial charge on any atom is 0.0448 e. The second-order valence-corrected chi connectivity index (χ2v) is 6.29. The van der Waals surface area contributed by atoms with Gasteiger partial charge in [-0.15, -0.1) is 6.58 Å². The summed E-state index contributed by atoms with van der Waals surface area (Å²) in [6, 6.07) is 2.18. The molecule has 0 radical (unpaired) electrons. The van der Waals surface area contributed by atoms with E-state index in [2.05, 4.69) is 55.5 Å². The molecule has 0 saturated heterocycles. The number of pyridine rings is 1. The molecule has 3 heteroatoms. The van der Waals surface area contributed by atoms with Gasteiger partial charge in [-0.3, -0.25) is 4.98 Å². The van der Waals surface area contributed by atoms with Crippen molar-refractivity contribution in [1.82, 2.24) is 10.3 Å². The van der Waals surface area contributed by atoms with Crippen LogP contribution in [0.3, 0.4) is 0 Å². The molecule has 0 atom stereocenters. The molecule has 0 aliphatic rings. The van der Waals surface area contributed by atoms with Gasteiger partial charge in [-0.05, 0) is 40.2 Å². The van der Waals surface area contributed by atoms with Crippen LogP contribution in [0.2, 0.25) is 0 Å². The average molecular weight is 275 g/mol. The minimum Gasteiger partial charge on any atom is -0.367 e. The van der Waals surface area contributed by atoms with Gasteiger partial charge in [-0.25, -0.2) is 0 Å². The van der Waals surface area contributed by atoms with Crippen LogP contribution >= 0.6 is 0 Å². The lowest BCUT2D eigenvalue weighted by atomic mass is 10.1. The Labute approximate surface area is 124 Å². The summed E-state index contributed by atoms with van der Waals surface area (Å²) in [5, 5.41) is 3.54. The Bertz CT molecular complexity index is 432. The molecule has 0 spiro atoms. The second kappa shape index (κ2) is 7.44. The molecule has 0 aromatic carbocycles. The normalized spacial score (nSPS) is 11.4. The van der Waals surface area contributed by atoms with Gasteiger partial charge in [0, 0.05) is 48.3 Å². The molecule has 1 aromatic rings. The third-order valence-corrected chi connectivity index (χ3v) is 3.09. The highest BCUT2D eigenvalue weighted by molar-refractivity contribution is 5.54. The fraction of sp³-hybridized carbons (Fsp3) is 0.588. The number of hydrogen-bond acceptors (Lipinski definition) is 3. The number of aryl methyl sites for hydroxylation is 1. The summed E-state index contributed by atoms with van der Waals surface area (Å²) in [7, 11) is 0. The van der Waals surface area contributed by atoms with E-state index in [1.54, 1.807) is 0 Å². The van der Waals surface area contributed by atoms with E-state index in [0.29, 0.717) is 0 Å². The van der Waals surface area contributed by atoms with Crippen LogP contribution in [0.5, 0.6) is 0 Å². The summed E-state index contributed by atoms with van der Waals surface area (Å²) >= 11 is 0. The topological polar surface area (TPSA) is 28.2 Å². The van der Waals surface area contributed by atoms with Gasteiger partial charge in [-0.2, -0.15) is 0 Å². The first-order valence-corrected chi connectivity index (χ1v) is 7.43. The van der Waals surface area contributed by atoms with Crippen LogP contribution in [0.1, 0.15) is 45.4 Å². The summed E-state index contributed by atoms with van der Waals surface area (Å²) in [4.78, 5) is 6.83. The molecule has 1 aromatic heterocycles. The molecule has 0 amide bonds. The fourth-order valence-corrected chi connectivity index (χ4v) is 2.10. The lowest BCUT2D eigenvalue weighted by Crippen LogP contribution is -2.36. The molecule has 3 nitrogen and oxygen atoms in total. The van der Waals surface area contributed by atoms with E-state index in [4.69, 9.17) is 0 Å². The minimum absolute atomic E-state index is 0.107. The largest absolute Gasteiger partial charge is 0.367 e. The van der Waals surface area contributed by atoms with E-state index >= 15 is 0 Å². The van der Waals surface area contributed by atoms with Crippen molar-refractivity contribution in [2.24, 2.45) is 0 Å². The van der Waals surface area contributed by atoms with Gasteiger partial charge >= 0.3 is 0 Å². The molecule has 0 bridgehead atoms. The molecule has 1 N–H and O–H groups in total.